The lowest BCUT2D eigenvalue weighted by molar-refractivity contribution is 0.229. The summed E-state index contributed by atoms with van der Waals surface area (Å²) in [5.74, 6) is 0. The third kappa shape index (κ3) is 3.80. The summed E-state index contributed by atoms with van der Waals surface area (Å²) in [5, 5.41) is 16.5. The third-order valence-electron chi connectivity index (χ3n) is 3.40. The van der Waals surface area contributed by atoms with Gasteiger partial charge in [-0.3, -0.25) is 0 Å². The second-order valence-corrected chi connectivity index (χ2v) is 4.69. The van der Waals surface area contributed by atoms with Crippen LogP contribution in [0.15, 0.2) is 30.3 Å². The summed E-state index contributed by atoms with van der Waals surface area (Å²) in [5.41, 5.74) is 1.17. The Bertz CT molecular complexity index is 307. The summed E-state index contributed by atoms with van der Waals surface area (Å²) in [7, 11) is 0. The topological polar surface area (TPSA) is 44.3 Å². The number of aliphatic hydroxyl groups is 1. The highest BCUT2D eigenvalue weighted by Crippen LogP contribution is 2.15. The van der Waals surface area contributed by atoms with Gasteiger partial charge < -0.3 is 15.7 Å². The summed E-state index contributed by atoms with van der Waals surface area (Å²) in [6.07, 6.45) is 3.55. The van der Waals surface area contributed by atoms with Gasteiger partial charge >= 0.3 is 0 Å². The lowest BCUT2D eigenvalue weighted by atomic mass is 10.0. The molecule has 0 aromatic heterocycles. The lowest BCUT2D eigenvalue weighted by Crippen LogP contribution is -2.35. The van der Waals surface area contributed by atoms with Crippen molar-refractivity contribution in [2.24, 2.45) is 0 Å². The smallest absolute Gasteiger partial charge is 0.0626 e. The van der Waals surface area contributed by atoms with Gasteiger partial charge in [0.2, 0.25) is 0 Å². The van der Waals surface area contributed by atoms with Gasteiger partial charge in [0.25, 0.3) is 0 Å². The quantitative estimate of drug-likeness (QED) is 0.739. The highest BCUT2D eigenvalue weighted by molar-refractivity contribution is 5.19. The van der Waals surface area contributed by atoms with E-state index in [1.54, 1.807) is 0 Å². The molecule has 2 rings (SSSR count). The van der Waals surface area contributed by atoms with Gasteiger partial charge in [0.05, 0.1) is 12.6 Å². The standard InChI is InChI=1S/C14H22N2O/c17-11-14(12-5-2-1-3-6-12)16-13-7-4-9-15-10-8-13/h1-3,5-6,13-17H,4,7-11H2. The molecule has 0 bridgehead atoms. The van der Waals surface area contributed by atoms with Gasteiger partial charge in [-0.2, -0.15) is 0 Å². The van der Waals surface area contributed by atoms with Gasteiger partial charge in [0.1, 0.15) is 0 Å². The van der Waals surface area contributed by atoms with E-state index in [0.717, 1.165) is 19.5 Å². The van der Waals surface area contributed by atoms with Crippen molar-refractivity contribution in [3.05, 3.63) is 35.9 Å². The fourth-order valence-corrected chi connectivity index (χ4v) is 2.41. The number of hydrogen-bond acceptors (Lipinski definition) is 3. The first-order valence-corrected chi connectivity index (χ1v) is 6.52. The molecule has 0 saturated carbocycles. The molecule has 1 aromatic rings. The van der Waals surface area contributed by atoms with Crippen molar-refractivity contribution >= 4 is 0 Å². The van der Waals surface area contributed by atoms with Crippen LogP contribution in [0.5, 0.6) is 0 Å². The molecular weight excluding hydrogens is 212 g/mol. The Labute approximate surface area is 103 Å². The molecule has 1 aliphatic rings. The molecule has 1 heterocycles. The van der Waals surface area contributed by atoms with Crippen molar-refractivity contribution in [1.29, 1.82) is 0 Å². The molecule has 2 atom stereocenters. The largest absolute Gasteiger partial charge is 0.394 e. The van der Waals surface area contributed by atoms with Crippen molar-refractivity contribution in [2.45, 2.75) is 31.3 Å². The predicted octanol–water partition coefficient (Wildman–Crippen LogP) is 1.45. The molecular formula is C14H22N2O. The summed E-state index contributed by atoms with van der Waals surface area (Å²) in [6.45, 7) is 2.35. The summed E-state index contributed by atoms with van der Waals surface area (Å²) in [6, 6.07) is 10.8. The van der Waals surface area contributed by atoms with Crippen LogP contribution in [-0.2, 0) is 0 Å². The molecule has 2 unspecified atom stereocenters. The van der Waals surface area contributed by atoms with Crippen LogP contribution >= 0.6 is 0 Å². The maximum Gasteiger partial charge on any atom is 0.0626 e. The van der Waals surface area contributed by atoms with Gasteiger partial charge in [-0.05, 0) is 37.9 Å². The Morgan fingerprint density at radius 2 is 2.06 bits per heavy atom. The van der Waals surface area contributed by atoms with Crippen molar-refractivity contribution < 1.29 is 5.11 Å². The zero-order valence-corrected chi connectivity index (χ0v) is 10.2. The molecule has 1 aliphatic heterocycles. The molecule has 94 valence electrons. The number of aliphatic hydroxyl groups excluding tert-OH is 1. The summed E-state index contributed by atoms with van der Waals surface area (Å²) in [4.78, 5) is 0. The fraction of sp³-hybridized carbons (Fsp3) is 0.571. The van der Waals surface area contributed by atoms with Crippen molar-refractivity contribution in [2.75, 3.05) is 19.7 Å². The van der Waals surface area contributed by atoms with E-state index in [4.69, 9.17) is 0 Å². The Balaban J connectivity index is 1.94. The van der Waals surface area contributed by atoms with E-state index in [9.17, 15) is 5.11 Å². The Morgan fingerprint density at radius 1 is 1.24 bits per heavy atom. The SMILES string of the molecule is OCC(NC1CCCNCC1)c1ccccc1. The molecule has 1 fully saturated rings. The van der Waals surface area contributed by atoms with Crippen LogP contribution < -0.4 is 10.6 Å². The number of hydrogen-bond donors (Lipinski definition) is 3. The van der Waals surface area contributed by atoms with E-state index in [1.165, 1.54) is 18.4 Å². The molecule has 0 spiro atoms. The molecule has 1 aromatic carbocycles. The molecule has 0 aliphatic carbocycles. The second-order valence-electron chi connectivity index (χ2n) is 4.69. The van der Waals surface area contributed by atoms with Gasteiger partial charge in [-0.25, -0.2) is 0 Å². The lowest BCUT2D eigenvalue weighted by Gasteiger charge is -2.23. The zero-order chi connectivity index (χ0) is 11.9. The van der Waals surface area contributed by atoms with E-state index in [0.29, 0.717) is 6.04 Å². The molecule has 3 heteroatoms. The average Bonchev–Trinajstić information content (AvgIpc) is 2.65. The molecule has 3 N–H and O–H groups in total. The van der Waals surface area contributed by atoms with Crippen molar-refractivity contribution in [3.8, 4) is 0 Å². The van der Waals surface area contributed by atoms with Crippen molar-refractivity contribution in [1.82, 2.24) is 10.6 Å². The first-order valence-electron chi connectivity index (χ1n) is 6.52. The third-order valence-corrected chi connectivity index (χ3v) is 3.40. The van der Waals surface area contributed by atoms with Gasteiger partial charge in [0.15, 0.2) is 0 Å². The van der Waals surface area contributed by atoms with E-state index in [2.05, 4.69) is 22.8 Å². The molecule has 0 radical (unpaired) electrons. The van der Waals surface area contributed by atoms with E-state index >= 15 is 0 Å². The van der Waals surface area contributed by atoms with Crippen LogP contribution in [-0.4, -0.2) is 30.8 Å². The molecule has 17 heavy (non-hydrogen) atoms. The minimum atomic E-state index is 0.0688. The number of rotatable bonds is 4. The van der Waals surface area contributed by atoms with Crippen LogP contribution in [0, 0.1) is 0 Å². The molecule has 0 amide bonds. The maximum atomic E-state index is 9.50. The number of benzene rings is 1. The van der Waals surface area contributed by atoms with Crippen LogP contribution in [0.25, 0.3) is 0 Å². The highest BCUT2D eigenvalue weighted by Gasteiger charge is 2.17. The maximum absolute atomic E-state index is 9.50. The Hall–Kier alpha value is -0.900. The highest BCUT2D eigenvalue weighted by atomic mass is 16.3. The Kier molecular flexibility index (Phi) is 4.98. The van der Waals surface area contributed by atoms with E-state index in [-0.39, 0.29) is 12.6 Å². The normalized spacial score (nSPS) is 23.0. The molecule has 3 nitrogen and oxygen atoms in total. The second kappa shape index (κ2) is 6.74. The van der Waals surface area contributed by atoms with Crippen LogP contribution in [0.4, 0.5) is 0 Å². The zero-order valence-electron chi connectivity index (χ0n) is 10.2. The van der Waals surface area contributed by atoms with Crippen LogP contribution in [0.3, 0.4) is 0 Å². The van der Waals surface area contributed by atoms with Crippen LogP contribution in [0.1, 0.15) is 30.9 Å². The predicted molar refractivity (Wildman–Crippen MR) is 69.9 cm³/mol. The Morgan fingerprint density at radius 3 is 2.82 bits per heavy atom. The molecule has 1 saturated heterocycles. The minimum Gasteiger partial charge on any atom is -0.394 e. The van der Waals surface area contributed by atoms with E-state index < -0.39 is 0 Å². The monoisotopic (exact) mass is 234 g/mol. The van der Waals surface area contributed by atoms with Gasteiger partial charge in [0, 0.05) is 6.04 Å². The fourth-order valence-electron chi connectivity index (χ4n) is 2.41. The first-order chi connectivity index (χ1) is 8.40. The van der Waals surface area contributed by atoms with Gasteiger partial charge in [-0.1, -0.05) is 30.3 Å². The van der Waals surface area contributed by atoms with Gasteiger partial charge in [-0.15, -0.1) is 0 Å². The van der Waals surface area contributed by atoms with Crippen LogP contribution in [0.2, 0.25) is 0 Å². The van der Waals surface area contributed by atoms with Crippen molar-refractivity contribution in [3.63, 3.8) is 0 Å². The summed E-state index contributed by atoms with van der Waals surface area (Å²) >= 11 is 0. The number of nitrogens with one attached hydrogen (secondary N) is 2. The minimum absolute atomic E-state index is 0.0688. The van der Waals surface area contributed by atoms with E-state index in [1.807, 2.05) is 18.2 Å². The first kappa shape index (κ1) is 12.6. The average molecular weight is 234 g/mol. The summed E-state index contributed by atoms with van der Waals surface area (Å²) < 4.78 is 0.